The highest BCUT2D eigenvalue weighted by atomic mass is 14.4. The predicted molar refractivity (Wildman–Crippen MR) is 64.3 cm³/mol. The molecule has 1 saturated carbocycles. The Morgan fingerprint density at radius 2 is 1.33 bits per heavy atom. The lowest BCUT2D eigenvalue weighted by atomic mass is 9.60. The van der Waals surface area contributed by atoms with Gasteiger partial charge in [-0.2, -0.15) is 0 Å². The minimum Gasteiger partial charge on any atom is -0.0808 e. The van der Waals surface area contributed by atoms with E-state index in [9.17, 15) is 0 Å². The van der Waals surface area contributed by atoms with Crippen LogP contribution in [0.4, 0.5) is 0 Å². The number of rotatable bonds is 0. The average Bonchev–Trinajstić information content (AvgIpc) is 2.30. The summed E-state index contributed by atoms with van der Waals surface area (Å²) in [6.45, 7) is 2.41. The molecule has 78 valence electrons. The predicted octanol–water partition coefficient (Wildman–Crippen LogP) is 3.74. The Kier molecular flexibility index (Phi) is 2.16. The summed E-state index contributed by atoms with van der Waals surface area (Å²) in [7, 11) is 0. The molecule has 15 heavy (non-hydrogen) atoms. The second-order valence-corrected chi connectivity index (χ2v) is 5.15. The average molecular weight is 198 g/mol. The van der Waals surface area contributed by atoms with Crippen molar-refractivity contribution in [2.24, 2.45) is 29.6 Å². The van der Waals surface area contributed by atoms with Crippen LogP contribution in [0.5, 0.6) is 0 Å². The lowest BCUT2D eigenvalue weighted by molar-refractivity contribution is 0.153. The Morgan fingerprint density at radius 3 is 2.13 bits per heavy atom. The SMILES string of the molecule is CC1CC2C=CC=CC2C2C=CC=CC12. The van der Waals surface area contributed by atoms with Crippen molar-refractivity contribution in [3.05, 3.63) is 48.6 Å². The van der Waals surface area contributed by atoms with Crippen LogP contribution in [-0.4, -0.2) is 0 Å². The molecule has 0 aromatic heterocycles. The molecular formula is C15H18. The van der Waals surface area contributed by atoms with Crippen LogP contribution in [0.1, 0.15) is 13.3 Å². The smallest absolute Gasteiger partial charge is 0.00960 e. The van der Waals surface area contributed by atoms with Gasteiger partial charge in [-0.15, -0.1) is 0 Å². The molecule has 0 saturated heterocycles. The van der Waals surface area contributed by atoms with E-state index in [1.165, 1.54) is 6.42 Å². The normalized spacial score (nSPS) is 46.3. The maximum absolute atomic E-state index is 2.42. The fourth-order valence-corrected chi connectivity index (χ4v) is 3.50. The Hall–Kier alpha value is -1.04. The fraction of sp³-hybridized carbons (Fsp3) is 0.467. The molecule has 1 fully saturated rings. The van der Waals surface area contributed by atoms with E-state index in [4.69, 9.17) is 0 Å². The quantitative estimate of drug-likeness (QED) is 0.556. The van der Waals surface area contributed by atoms with Crippen molar-refractivity contribution in [1.82, 2.24) is 0 Å². The lowest BCUT2D eigenvalue weighted by Gasteiger charge is -2.44. The van der Waals surface area contributed by atoms with Gasteiger partial charge in [0.25, 0.3) is 0 Å². The molecule has 0 N–H and O–H groups in total. The van der Waals surface area contributed by atoms with Crippen molar-refractivity contribution >= 4 is 0 Å². The van der Waals surface area contributed by atoms with Gasteiger partial charge in [-0.3, -0.25) is 0 Å². The number of hydrogen-bond donors (Lipinski definition) is 0. The zero-order chi connectivity index (χ0) is 10.3. The third-order valence-electron chi connectivity index (χ3n) is 4.26. The maximum Gasteiger partial charge on any atom is -0.00960 e. The lowest BCUT2D eigenvalue weighted by Crippen LogP contribution is -2.37. The van der Waals surface area contributed by atoms with Gasteiger partial charge in [0.05, 0.1) is 0 Å². The van der Waals surface area contributed by atoms with Gasteiger partial charge in [0.15, 0.2) is 0 Å². The summed E-state index contributed by atoms with van der Waals surface area (Å²) in [5, 5.41) is 0. The van der Waals surface area contributed by atoms with E-state index in [1.807, 2.05) is 0 Å². The summed E-state index contributed by atoms with van der Waals surface area (Å²) < 4.78 is 0. The molecule has 0 heteroatoms. The minimum absolute atomic E-state index is 0.741. The molecule has 0 aromatic rings. The standard InChI is InChI=1S/C15H18/c1-11-10-12-6-2-3-8-14(12)15-9-5-4-7-13(11)15/h2-9,11-15H,10H2,1H3. The third kappa shape index (κ3) is 1.43. The summed E-state index contributed by atoms with van der Waals surface area (Å²) in [6, 6.07) is 0. The first-order valence-electron chi connectivity index (χ1n) is 6.06. The molecule has 0 spiro atoms. The van der Waals surface area contributed by atoms with Gasteiger partial charge in [-0.25, -0.2) is 0 Å². The van der Waals surface area contributed by atoms with Gasteiger partial charge < -0.3 is 0 Å². The molecule has 3 aliphatic carbocycles. The summed E-state index contributed by atoms with van der Waals surface area (Å²) >= 11 is 0. The van der Waals surface area contributed by atoms with E-state index in [0.717, 1.165) is 29.6 Å². The maximum atomic E-state index is 2.42. The highest BCUT2D eigenvalue weighted by molar-refractivity contribution is 5.25. The molecule has 0 radical (unpaired) electrons. The number of allylic oxidation sites excluding steroid dienone is 8. The number of fused-ring (bicyclic) bond motifs is 3. The van der Waals surface area contributed by atoms with Crippen LogP contribution in [-0.2, 0) is 0 Å². The zero-order valence-corrected chi connectivity index (χ0v) is 9.21. The van der Waals surface area contributed by atoms with Crippen LogP contribution in [0.25, 0.3) is 0 Å². The van der Waals surface area contributed by atoms with Crippen molar-refractivity contribution < 1.29 is 0 Å². The highest BCUT2D eigenvalue weighted by Crippen LogP contribution is 2.46. The van der Waals surface area contributed by atoms with Gasteiger partial charge in [0.1, 0.15) is 0 Å². The van der Waals surface area contributed by atoms with Crippen molar-refractivity contribution in [1.29, 1.82) is 0 Å². The fourth-order valence-electron chi connectivity index (χ4n) is 3.50. The third-order valence-corrected chi connectivity index (χ3v) is 4.26. The first-order chi connectivity index (χ1) is 7.36. The molecule has 0 aromatic carbocycles. The highest BCUT2D eigenvalue weighted by Gasteiger charge is 2.39. The summed E-state index contributed by atoms with van der Waals surface area (Å²) in [5.74, 6) is 3.87. The first-order valence-corrected chi connectivity index (χ1v) is 6.06. The molecular weight excluding hydrogens is 180 g/mol. The van der Waals surface area contributed by atoms with Gasteiger partial charge >= 0.3 is 0 Å². The zero-order valence-electron chi connectivity index (χ0n) is 9.21. The van der Waals surface area contributed by atoms with Gasteiger partial charge in [0.2, 0.25) is 0 Å². The molecule has 0 amide bonds. The minimum atomic E-state index is 0.741. The second kappa shape index (κ2) is 3.52. The topological polar surface area (TPSA) is 0 Å². The van der Waals surface area contributed by atoms with E-state index in [1.54, 1.807) is 0 Å². The molecule has 0 aliphatic heterocycles. The Balaban J connectivity index is 1.94. The Morgan fingerprint density at radius 1 is 0.733 bits per heavy atom. The van der Waals surface area contributed by atoms with Crippen molar-refractivity contribution in [3.8, 4) is 0 Å². The van der Waals surface area contributed by atoms with Gasteiger partial charge in [0, 0.05) is 0 Å². The van der Waals surface area contributed by atoms with Gasteiger partial charge in [-0.1, -0.05) is 55.5 Å². The Labute approximate surface area is 92.1 Å². The van der Waals surface area contributed by atoms with Crippen LogP contribution in [0.3, 0.4) is 0 Å². The van der Waals surface area contributed by atoms with Crippen LogP contribution < -0.4 is 0 Å². The largest absolute Gasteiger partial charge is 0.0808 e. The molecule has 5 unspecified atom stereocenters. The van der Waals surface area contributed by atoms with Gasteiger partial charge in [-0.05, 0) is 36.0 Å². The molecule has 0 nitrogen and oxygen atoms in total. The molecule has 3 aliphatic rings. The molecule has 5 atom stereocenters. The van der Waals surface area contributed by atoms with Crippen molar-refractivity contribution in [2.75, 3.05) is 0 Å². The van der Waals surface area contributed by atoms with Crippen molar-refractivity contribution in [3.63, 3.8) is 0 Å². The van der Waals surface area contributed by atoms with E-state index >= 15 is 0 Å². The van der Waals surface area contributed by atoms with Crippen LogP contribution >= 0.6 is 0 Å². The van der Waals surface area contributed by atoms with E-state index in [0.29, 0.717) is 0 Å². The van der Waals surface area contributed by atoms with E-state index in [-0.39, 0.29) is 0 Å². The summed E-state index contributed by atoms with van der Waals surface area (Å²) in [4.78, 5) is 0. The summed E-state index contributed by atoms with van der Waals surface area (Å²) in [6.07, 6.45) is 19.9. The monoisotopic (exact) mass is 198 g/mol. The van der Waals surface area contributed by atoms with E-state index in [2.05, 4.69) is 55.5 Å². The summed E-state index contributed by atoms with van der Waals surface area (Å²) in [5.41, 5.74) is 0. The number of hydrogen-bond acceptors (Lipinski definition) is 0. The second-order valence-electron chi connectivity index (χ2n) is 5.15. The molecule has 0 heterocycles. The van der Waals surface area contributed by atoms with E-state index < -0.39 is 0 Å². The van der Waals surface area contributed by atoms with Crippen LogP contribution in [0.15, 0.2) is 48.6 Å². The molecule has 3 rings (SSSR count). The van der Waals surface area contributed by atoms with Crippen LogP contribution in [0.2, 0.25) is 0 Å². The Bertz CT molecular complexity index is 356. The first kappa shape index (κ1) is 9.21. The van der Waals surface area contributed by atoms with Crippen LogP contribution in [0, 0.1) is 29.6 Å². The molecule has 0 bridgehead atoms. The van der Waals surface area contributed by atoms with Crippen molar-refractivity contribution in [2.45, 2.75) is 13.3 Å².